The standard InChI is InChI=1S/C14H12ClFN2O2/c1-8(9-2-4-11(16)5-3-9)17-13-7-10(14(19)20)6-12(15)18-13/h2-8H,1H3,(H,17,18)(H,19,20). The van der Waals surface area contributed by atoms with Gasteiger partial charge in [0.25, 0.3) is 0 Å². The van der Waals surface area contributed by atoms with E-state index in [1.807, 2.05) is 6.92 Å². The minimum atomic E-state index is -1.08. The van der Waals surface area contributed by atoms with Crippen LogP contribution in [0.5, 0.6) is 0 Å². The second-order valence-electron chi connectivity index (χ2n) is 4.29. The largest absolute Gasteiger partial charge is 0.478 e. The molecule has 1 unspecified atom stereocenters. The lowest BCUT2D eigenvalue weighted by molar-refractivity contribution is 0.0697. The predicted molar refractivity (Wildman–Crippen MR) is 74.6 cm³/mol. The summed E-state index contributed by atoms with van der Waals surface area (Å²) in [7, 11) is 0. The zero-order valence-corrected chi connectivity index (χ0v) is 11.4. The second-order valence-corrected chi connectivity index (χ2v) is 4.67. The monoisotopic (exact) mass is 294 g/mol. The normalized spacial score (nSPS) is 11.9. The van der Waals surface area contributed by atoms with Gasteiger partial charge in [0.15, 0.2) is 0 Å². The third-order valence-corrected chi connectivity index (χ3v) is 2.97. The first-order valence-electron chi connectivity index (χ1n) is 5.88. The van der Waals surface area contributed by atoms with Crippen molar-refractivity contribution in [2.45, 2.75) is 13.0 Å². The van der Waals surface area contributed by atoms with E-state index in [1.54, 1.807) is 12.1 Å². The fourth-order valence-electron chi connectivity index (χ4n) is 1.75. The summed E-state index contributed by atoms with van der Waals surface area (Å²) in [6.07, 6.45) is 0. The third-order valence-electron chi connectivity index (χ3n) is 2.78. The molecule has 1 atom stereocenters. The molecule has 0 aliphatic carbocycles. The van der Waals surface area contributed by atoms with Crippen LogP contribution in [0.3, 0.4) is 0 Å². The van der Waals surface area contributed by atoms with Gasteiger partial charge in [-0.3, -0.25) is 0 Å². The van der Waals surface area contributed by atoms with Gasteiger partial charge in [-0.25, -0.2) is 14.2 Å². The highest BCUT2D eigenvalue weighted by atomic mass is 35.5. The summed E-state index contributed by atoms with van der Waals surface area (Å²) < 4.78 is 12.9. The summed E-state index contributed by atoms with van der Waals surface area (Å²) in [6, 6.07) is 8.53. The summed E-state index contributed by atoms with van der Waals surface area (Å²) in [5, 5.41) is 12.1. The van der Waals surface area contributed by atoms with E-state index >= 15 is 0 Å². The molecule has 0 aliphatic heterocycles. The van der Waals surface area contributed by atoms with E-state index in [0.29, 0.717) is 5.82 Å². The van der Waals surface area contributed by atoms with E-state index in [0.717, 1.165) is 5.56 Å². The molecule has 0 radical (unpaired) electrons. The molecule has 0 amide bonds. The molecule has 0 aliphatic rings. The Kier molecular flexibility index (Phi) is 4.20. The van der Waals surface area contributed by atoms with Gasteiger partial charge in [0.2, 0.25) is 0 Å². The minimum Gasteiger partial charge on any atom is -0.478 e. The number of anilines is 1. The molecule has 0 fully saturated rings. The molecule has 1 aromatic heterocycles. The van der Waals surface area contributed by atoms with Crippen molar-refractivity contribution >= 4 is 23.4 Å². The highest BCUT2D eigenvalue weighted by Crippen LogP contribution is 2.21. The summed E-state index contributed by atoms with van der Waals surface area (Å²) in [6.45, 7) is 1.86. The van der Waals surface area contributed by atoms with Crippen molar-refractivity contribution < 1.29 is 14.3 Å². The number of halogens is 2. The van der Waals surface area contributed by atoms with Crippen LogP contribution < -0.4 is 5.32 Å². The Hall–Kier alpha value is -2.14. The van der Waals surface area contributed by atoms with Gasteiger partial charge in [-0.2, -0.15) is 0 Å². The van der Waals surface area contributed by atoms with Crippen LogP contribution in [0, 0.1) is 5.82 Å². The topological polar surface area (TPSA) is 62.2 Å². The number of nitrogens with zero attached hydrogens (tertiary/aromatic N) is 1. The van der Waals surface area contributed by atoms with Gasteiger partial charge in [0.1, 0.15) is 16.8 Å². The number of benzene rings is 1. The smallest absolute Gasteiger partial charge is 0.335 e. The van der Waals surface area contributed by atoms with Gasteiger partial charge < -0.3 is 10.4 Å². The molecule has 2 N–H and O–H groups in total. The van der Waals surface area contributed by atoms with Crippen molar-refractivity contribution in [1.82, 2.24) is 4.98 Å². The molecule has 0 saturated heterocycles. The van der Waals surface area contributed by atoms with E-state index in [1.165, 1.54) is 24.3 Å². The van der Waals surface area contributed by atoms with Crippen LogP contribution in [0.15, 0.2) is 36.4 Å². The van der Waals surface area contributed by atoms with Crippen molar-refractivity contribution in [3.8, 4) is 0 Å². The SMILES string of the molecule is CC(Nc1cc(C(=O)O)cc(Cl)n1)c1ccc(F)cc1. The summed E-state index contributed by atoms with van der Waals surface area (Å²) in [5.41, 5.74) is 0.906. The number of aromatic nitrogens is 1. The Morgan fingerprint density at radius 3 is 2.60 bits per heavy atom. The lowest BCUT2D eigenvalue weighted by Gasteiger charge is -2.15. The fourth-order valence-corrected chi connectivity index (χ4v) is 1.96. The van der Waals surface area contributed by atoms with Crippen LogP contribution in [0.2, 0.25) is 5.15 Å². The molecule has 0 spiro atoms. The van der Waals surface area contributed by atoms with Crippen molar-refractivity contribution in [3.63, 3.8) is 0 Å². The summed E-state index contributed by atoms with van der Waals surface area (Å²) in [4.78, 5) is 15.0. The summed E-state index contributed by atoms with van der Waals surface area (Å²) in [5.74, 6) is -1.03. The van der Waals surface area contributed by atoms with E-state index in [2.05, 4.69) is 10.3 Å². The van der Waals surface area contributed by atoms with Gasteiger partial charge in [-0.1, -0.05) is 23.7 Å². The number of rotatable bonds is 4. The Morgan fingerprint density at radius 2 is 2.00 bits per heavy atom. The quantitative estimate of drug-likeness (QED) is 0.843. The fraction of sp³-hybridized carbons (Fsp3) is 0.143. The molecular weight excluding hydrogens is 283 g/mol. The van der Waals surface area contributed by atoms with E-state index in [-0.39, 0.29) is 22.6 Å². The second kappa shape index (κ2) is 5.88. The molecule has 4 nitrogen and oxygen atoms in total. The number of nitrogens with one attached hydrogen (secondary N) is 1. The van der Waals surface area contributed by atoms with E-state index in [9.17, 15) is 9.18 Å². The van der Waals surface area contributed by atoms with E-state index in [4.69, 9.17) is 16.7 Å². The molecule has 0 bridgehead atoms. The average Bonchev–Trinajstić information content (AvgIpc) is 2.38. The number of carboxylic acids is 1. The first-order chi connectivity index (χ1) is 9.45. The first-order valence-corrected chi connectivity index (χ1v) is 6.26. The lowest BCUT2D eigenvalue weighted by Crippen LogP contribution is -2.09. The molecule has 20 heavy (non-hydrogen) atoms. The molecule has 1 aromatic carbocycles. The Labute approximate surface area is 120 Å². The molecule has 1 heterocycles. The molecule has 6 heteroatoms. The Bertz CT molecular complexity index is 632. The molecule has 2 rings (SSSR count). The number of aromatic carboxylic acids is 1. The molecule has 2 aromatic rings. The zero-order valence-electron chi connectivity index (χ0n) is 10.6. The molecular formula is C14H12ClFN2O2. The minimum absolute atomic E-state index is 0.0545. The highest BCUT2D eigenvalue weighted by molar-refractivity contribution is 6.29. The van der Waals surface area contributed by atoms with Crippen LogP contribution in [0.4, 0.5) is 10.2 Å². The maximum Gasteiger partial charge on any atom is 0.335 e. The third kappa shape index (κ3) is 3.45. The Morgan fingerprint density at radius 1 is 1.35 bits per heavy atom. The van der Waals surface area contributed by atoms with Crippen LogP contribution in [-0.4, -0.2) is 16.1 Å². The number of pyridine rings is 1. The Balaban J connectivity index is 2.21. The first kappa shape index (κ1) is 14.3. The van der Waals surface area contributed by atoms with Crippen molar-refractivity contribution in [1.29, 1.82) is 0 Å². The number of hydrogen-bond acceptors (Lipinski definition) is 3. The van der Waals surface area contributed by atoms with Gasteiger partial charge in [0.05, 0.1) is 5.56 Å². The zero-order chi connectivity index (χ0) is 14.7. The maximum absolute atomic E-state index is 12.9. The number of carboxylic acid groups (broad SMARTS) is 1. The molecule has 104 valence electrons. The van der Waals surface area contributed by atoms with Crippen molar-refractivity contribution in [3.05, 3.63) is 58.5 Å². The average molecular weight is 295 g/mol. The van der Waals surface area contributed by atoms with Crippen molar-refractivity contribution in [2.24, 2.45) is 0 Å². The highest BCUT2D eigenvalue weighted by Gasteiger charge is 2.10. The van der Waals surface area contributed by atoms with Crippen LogP contribution in [0.1, 0.15) is 28.9 Å². The number of carbonyl (C=O) groups is 1. The van der Waals surface area contributed by atoms with Crippen LogP contribution in [0.25, 0.3) is 0 Å². The van der Waals surface area contributed by atoms with E-state index < -0.39 is 5.97 Å². The van der Waals surface area contributed by atoms with Crippen molar-refractivity contribution in [2.75, 3.05) is 5.32 Å². The van der Waals surface area contributed by atoms with Gasteiger partial charge in [-0.05, 0) is 36.8 Å². The van der Waals surface area contributed by atoms with Gasteiger partial charge >= 0.3 is 5.97 Å². The van der Waals surface area contributed by atoms with Crippen LogP contribution >= 0.6 is 11.6 Å². The predicted octanol–water partition coefficient (Wildman–Crippen LogP) is 3.75. The number of hydrogen-bond donors (Lipinski definition) is 2. The lowest BCUT2D eigenvalue weighted by atomic mass is 10.1. The van der Waals surface area contributed by atoms with Crippen LogP contribution in [-0.2, 0) is 0 Å². The van der Waals surface area contributed by atoms with Gasteiger partial charge in [-0.15, -0.1) is 0 Å². The molecule has 0 saturated carbocycles. The van der Waals surface area contributed by atoms with Gasteiger partial charge in [0, 0.05) is 6.04 Å². The maximum atomic E-state index is 12.9. The summed E-state index contributed by atoms with van der Waals surface area (Å²) >= 11 is 5.78.